The van der Waals surface area contributed by atoms with Gasteiger partial charge in [0.15, 0.2) is 0 Å². The van der Waals surface area contributed by atoms with Crippen molar-refractivity contribution in [2.45, 2.75) is 31.8 Å². The van der Waals surface area contributed by atoms with Crippen LogP contribution < -0.4 is 5.32 Å². The van der Waals surface area contributed by atoms with Crippen LogP contribution >= 0.6 is 0 Å². The van der Waals surface area contributed by atoms with Crippen LogP contribution in [0.15, 0.2) is 24.3 Å². The normalized spacial score (nSPS) is 19.3. The monoisotopic (exact) mass is 263 g/mol. The quantitative estimate of drug-likeness (QED) is 0.668. The van der Waals surface area contributed by atoms with Crippen molar-refractivity contribution in [3.63, 3.8) is 0 Å². The van der Waals surface area contributed by atoms with Crippen LogP contribution in [0.25, 0.3) is 0 Å². The lowest BCUT2D eigenvalue weighted by Crippen LogP contribution is -2.49. The number of nitro benzene ring substituents is 1. The average Bonchev–Trinajstić information content (AvgIpc) is 2.42. The van der Waals surface area contributed by atoms with Crippen LogP contribution in [0.5, 0.6) is 0 Å². The first-order valence-corrected chi connectivity index (χ1v) is 6.68. The van der Waals surface area contributed by atoms with Crippen molar-refractivity contribution in [2.75, 3.05) is 20.1 Å². The Morgan fingerprint density at radius 3 is 2.58 bits per heavy atom. The number of piperidine rings is 1. The summed E-state index contributed by atoms with van der Waals surface area (Å²) in [6, 6.07) is 7.01. The zero-order chi connectivity index (χ0) is 13.9. The Morgan fingerprint density at radius 1 is 1.37 bits per heavy atom. The number of rotatable bonds is 4. The highest BCUT2D eigenvalue weighted by Crippen LogP contribution is 2.25. The molecule has 1 aliphatic heterocycles. The lowest BCUT2D eigenvalue weighted by atomic mass is 9.90. The van der Waals surface area contributed by atoms with Gasteiger partial charge in [0.25, 0.3) is 5.69 Å². The van der Waals surface area contributed by atoms with E-state index in [2.05, 4.69) is 17.1 Å². The molecule has 5 nitrogen and oxygen atoms in total. The van der Waals surface area contributed by atoms with E-state index in [-0.39, 0.29) is 16.1 Å². The minimum absolute atomic E-state index is 0.207. The minimum atomic E-state index is -0.295. The van der Waals surface area contributed by atoms with Crippen molar-refractivity contribution in [1.82, 2.24) is 10.2 Å². The summed E-state index contributed by atoms with van der Waals surface area (Å²) in [5.41, 5.74) is 1.24. The molecule has 1 saturated heterocycles. The minimum Gasteiger partial charge on any atom is -0.314 e. The summed E-state index contributed by atoms with van der Waals surface area (Å²) < 4.78 is 0. The van der Waals surface area contributed by atoms with Gasteiger partial charge in [-0.25, -0.2) is 0 Å². The third kappa shape index (κ3) is 3.30. The molecule has 0 amide bonds. The standard InChI is InChI=1S/C14H21N3O2/c1-14(15-2)7-9-16(10-8-14)11-12-5-3-4-6-13(12)17(18)19/h3-6,15H,7-11H2,1-2H3. The first-order chi connectivity index (χ1) is 9.04. The second-order valence-electron chi connectivity index (χ2n) is 5.47. The molecule has 19 heavy (non-hydrogen) atoms. The number of nitro groups is 1. The zero-order valence-electron chi connectivity index (χ0n) is 11.6. The molecule has 0 atom stereocenters. The molecular formula is C14H21N3O2. The molecule has 1 fully saturated rings. The van der Waals surface area contributed by atoms with E-state index in [4.69, 9.17) is 0 Å². The summed E-state index contributed by atoms with van der Waals surface area (Å²) in [5, 5.41) is 14.3. The molecule has 0 aliphatic carbocycles. The molecule has 5 heteroatoms. The number of likely N-dealkylation sites (tertiary alicyclic amines) is 1. The molecule has 2 rings (SSSR count). The maximum Gasteiger partial charge on any atom is 0.273 e. The Bertz CT molecular complexity index is 454. The Labute approximate surface area is 113 Å². The van der Waals surface area contributed by atoms with Crippen molar-refractivity contribution in [3.8, 4) is 0 Å². The SMILES string of the molecule is CNC1(C)CCN(Cc2ccccc2[N+](=O)[O-])CC1. The summed E-state index contributed by atoms with van der Waals surface area (Å²) >= 11 is 0. The van der Waals surface area contributed by atoms with Crippen molar-refractivity contribution >= 4 is 5.69 Å². The van der Waals surface area contributed by atoms with Crippen LogP contribution in [0.2, 0.25) is 0 Å². The maximum absolute atomic E-state index is 11.0. The molecule has 1 heterocycles. The molecule has 1 aliphatic rings. The van der Waals surface area contributed by atoms with E-state index in [0.29, 0.717) is 6.54 Å². The van der Waals surface area contributed by atoms with Gasteiger partial charge in [-0.1, -0.05) is 18.2 Å². The molecule has 1 aromatic carbocycles. The van der Waals surface area contributed by atoms with Crippen molar-refractivity contribution < 1.29 is 4.92 Å². The van der Waals surface area contributed by atoms with Crippen LogP contribution in [0, 0.1) is 10.1 Å². The van der Waals surface area contributed by atoms with Gasteiger partial charge < -0.3 is 5.32 Å². The summed E-state index contributed by atoms with van der Waals surface area (Å²) in [7, 11) is 2.00. The molecule has 104 valence electrons. The van der Waals surface area contributed by atoms with E-state index in [1.165, 1.54) is 0 Å². The van der Waals surface area contributed by atoms with Crippen LogP contribution in [-0.4, -0.2) is 35.5 Å². The fourth-order valence-electron chi connectivity index (χ4n) is 2.52. The smallest absolute Gasteiger partial charge is 0.273 e. The van der Waals surface area contributed by atoms with Crippen LogP contribution in [0.4, 0.5) is 5.69 Å². The second kappa shape index (κ2) is 5.67. The molecule has 0 radical (unpaired) electrons. The highest BCUT2D eigenvalue weighted by molar-refractivity contribution is 5.39. The van der Waals surface area contributed by atoms with Crippen molar-refractivity contribution in [1.29, 1.82) is 0 Å². The highest BCUT2D eigenvalue weighted by atomic mass is 16.6. The van der Waals surface area contributed by atoms with Gasteiger partial charge in [-0.2, -0.15) is 0 Å². The molecule has 0 bridgehead atoms. The summed E-state index contributed by atoms with van der Waals surface area (Å²) in [6.45, 7) is 4.85. The zero-order valence-corrected chi connectivity index (χ0v) is 11.6. The third-order valence-electron chi connectivity index (χ3n) is 4.15. The Kier molecular flexibility index (Phi) is 4.17. The van der Waals surface area contributed by atoms with Gasteiger partial charge in [-0.15, -0.1) is 0 Å². The van der Waals surface area contributed by atoms with Crippen LogP contribution in [-0.2, 0) is 6.54 Å². The number of hydrogen-bond donors (Lipinski definition) is 1. The fraction of sp³-hybridized carbons (Fsp3) is 0.571. The lowest BCUT2D eigenvalue weighted by molar-refractivity contribution is -0.385. The van der Waals surface area contributed by atoms with E-state index in [9.17, 15) is 10.1 Å². The van der Waals surface area contributed by atoms with E-state index in [1.807, 2.05) is 19.2 Å². The maximum atomic E-state index is 11.0. The Morgan fingerprint density at radius 2 is 2.00 bits per heavy atom. The number of para-hydroxylation sites is 1. The Balaban J connectivity index is 2.02. The van der Waals surface area contributed by atoms with Gasteiger partial charge in [0.05, 0.1) is 4.92 Å². The number of nitrogens with one attached hydrogen (secondary N) is 1. The molecule has 0 spiro atoms. The summed E-state index contributed by atoms with van der Waals surface area (Å²) in [4.78, 5) is 13.0. The number of nitrogens with zero attached hydrogens (tertiary/aromatic N) is 2. The van der Waals surface area contributed by atoms with Gasteiger partial charge in [0.1, 0.15) is 0 Å². The largest absolute Gasteiger partial charge is 0.314 e. The van der Waals surface area contributed by atoms with Gasteiger partial charge in [0, 0.05) is 36.8 Å². The topological polar surface area (TPSA) is 58.4 Å². The van der Waals surface area contributed by atoms with Gasteiger partial charge in [-0.3, -0.25) is 15.0 Å². The Hall–Kier alpha value is -1.46. The average molecular weight is 263 g/mol. The van der Waals surface area contributed by atoms with Gasteiger partial charge in [0.2, 0.25) is 0 Å². The van der Waals surface area contributed by atoms with Crippen LogP contribution in [0.1, 0.15) is 25.3 Å². The van der Waals surface area contributed by atoms with E-state index < -0.39 is 0 Å². The number of benzene rings is 1. The number of hydrogen-bond acceptors (Lipinski definition) is 4. The first kappa shape index (κ1) is 14.0. The highest BCUT2D eigenvalue weighted by Gasteiger charge is 2.28. The first-order valence-electron chi connectivity index (χ1n) is 6.68. The van der Waals surface area contributed by atoms with Crippen LogP contribution in [0.3, 0.4) is 0 Å². The van der Waals surface area contributed by atoms with Gasteiger partial charge >= 0.3 is 0 Å². The molecule has 0 saturated carbocycles. The predicted molar refractivity (Wildman–Crippen MR) is 75.1 cm³/mol. The molecule has 0 unspecified atom stereocenters. The van der Waals surface area contributed by atoms with E-state index in [0.717, 1.165) is 31.5 Å². The van der Waals surface area contributed by atoms with E-state index in [1.54, 1.807) is 12.1 Å². The fourth-order valence-corrected chi connectivity index (χ4v) is 2.52. The molecule has 0 aromatic heterocycles. The third-order valence-corrected chi connectivity index (χ3v) is 4.15. The van der Waals surface area contributed by atoms with E-state index >= 15 is 0 Å². The summed E-state index contributed by atoms with van der Waals surface area (Å²) in [5.74, 6) is 0. The molecular weight excluding hydrogens is 242 g/mol. The predicted octanol–water partition coefficient (Wildman–Crippen LogP) is 2.17. The van der Waals surface area contributed by atoms with Crippen molar-refractivity contribution in [2.24, 2.45) is 0 Å². The van der Waals surface area contributed by atoms with Crippen molar-refractivity contribution in [3.05, 3.63) is 39.9 Å². The lowest BCUT2D eigenvalue weighted by Gasteiger charge is -2.39. The second-order valence-corrected chi connectivity index (χ2v) is 5.47. The molecule has 1 aromatic rings. The summed E-state index contributed by atoms with van der Waals surface area (Å²) in [6.07, 6.45) is 2.15. The van der Waals surface area contributed by atoms with Gasteiger partial charge in [-0.05, 0) is 26.8 Å². The molecule has 1 N–H and O–H groups in total.